The third kappa shape index (κ3) is 3.76. The van der Waals surface area contributed by atoms with Crippen LogP contribution in [0.15, 0.2) is 48.5 Å². The van der Waals surface area contributed by atoms with Crippen LogP contribution in [0.4, 0.5) is 16.2 Å². The number of anilines is 1. The Kier molecular flexibility index (Phi) is 4.84. The monoisotopic (exact) mass is 368 g/mol. The highest BCUT2D eigenvalue weighted by molar-refractivity contribution is 6.08. The predicted molar refractivity (Wildman–Crippen MR) is 95.9 cm³/mol. The Balaban J connectivity index is 1.71. The van der Waals surface area contributed by atoms with Crippen molar-refractivity contribution in [2.75, 3.05) is 11.9 Å². The Morgan fingerprint density at radius 1 is 1.22 bits per heavy atom. The molecule has 0 aromatic heterocycles. The average molecular weight is 368 g/mol. The van der Waals surface area contributed by atoms with Gasteiger partial charge in [0.2, 0.25) is 5.91 Å². The van der Waals surface area contributed by atoms with Crippen LogP contribution in [0.1, 0.15) is 17.2 Å². The van der Waals surface area contributed by atoms with Crippen molar-refractivity contribution in [2.45, 2.75) is 13.0 Å². The first kappa shape index (κ1) is 18.1. The van der Waals surface area contributed by atoms with Gasteiger partial charge in [-0.05, 0) is 18.1 Å². The lowest BCUT2D eigenvalue weighted by molar-refractivity contribution is -0.384. The van der Waals surface area contributed by atoms with E-state index in [9.17, 15) is 24.5 Å². The predicted octanol–water partition coefficient (Wildman–Crippen LogP) is 2.13. The molecule has 1 atom stereocenters. The maximum atomic E-state index is 12.5. The molecule has 9 heteroatoms. The second-order valence-corrected chi connectivity index (χ2v) is 6.02. The summed E-state index contributed by atoms with van der Waals surface area (Å²) in [5.74, 6) is -1.16. The highest BCUT2D eigenvalue weighted by Crippen LogP contribution is 2.23. The van der Waals surface area contributed by atoms with Gasteiger partial charge < -0.3 is 10.6 Å². The molecule has 9 nitrogen and oxygen atoms in total. The van der Waals surface area contributed by atoms with E-state index < -0.39 is 35.4 Å². The molecule has 0 bridgehead atoms. The number of benzene rings is 2. The second-order valence-electron chi connectivity index (χ2n) is 6.02. The van der Waals surface area contributed by atoms with Gasteiger partial charge in [-0.25, -0.2) is 4.79 Å². The third-order valence-corrected chi connectivity index (χ3v) is 4.17. The number of nitrogens with one attached hydrogen (secondary N) is 2. The molecular formula is C18H16N4O5. The second kappa shape index (κ2) is 7.24. The van der Waals surface area contributed by atoms with Crippen molar-refractivity contribution in [1.82, 2.24) is 10.2 Å². The molecule has 0 saturated carbocycles. The lowest BCUT2D eigenvalue weighted by Crippen LogP contribution is -2.38. The maximum absolute atomic E-state index is 12.5. The summed E-state index contributed by atoms with van der Waals surface area (Å²) < 4.78 is 0. The smallest absolute Gasteiger partial charge is 0.324 e. The summed E-state index contributed by atoms with van der Waals surface area (Å²) in [7, 11) is 0. The number of carbonyl (C=O) groups excluding carboxylic acids is 3. The first-order valence-electron chi connectivity index (χ1n) is 8.08. The molecule has 1 unspecified atom stereocenters. The highest BCUT2D eigenvalue weighted by Gasteiger charge is 2.39. The number of urea groups is 1. The number of nitro groups is 1. The minimum atomic E-state index is -0.842. The highest BCUT2D eigenvalue weighted by atomic mass is 16.6. The summed E-state index contributed by atoms with van der Waals surface area (Å²) in [6, 6.07) is 11.2. The maximum Gasteiger partial charge on any atom is 0.325 e. The van der Waals surface area contributed by atoms with Crippen LogP contribution in [0.5, 0.6) is 0 Å². The molecule has 1 fully saturated rings. The first-order valence-corrected chi connectivity index (χ1v) is 8.08. The van der Waals surface area contributed by atoms with E-state index in [1.807, 2.05) is 0 Å². The normalized spacial score (nSPS) is 16.2. The quantitative estimate of drug-likeness (QED) is 0.476. The molecule has 1 aliphatic heterocycles. The van der Waals surface area contributed by atoms with E-state index in [2.05, 4.69) is 10.6 Å². The summed E-state index contributed by atoms with van der Waals surface area (Å²) in [5, 5.41) is 15.9. The van der Waals surface area contributed by atoms with Crippen LogP contribution in [0.3, 0.4) is 0 Å². The van der Waals surface area contributed by atoms with Crippen molar-refractivity contribution >= 4 is 29.2 Å². The lowest BCUT2D eigenvalue weighted by atomic mass is 10.1. The van der Waals surface area contributed by atoms with Gasteiger partial charge >= 0.3 is 6.03 Å². The number of nitro benzene ring substituents is 1. The van der Waals surface area contributed by atoms with Crippen LogP contribution < -0.4 is 10.6 Å². The first-order chi connectivity index (χ1) is 12.9. The van der Waals surface area contributed by atoms with E-state index in [4.69, 9.17) is 0 Å². The topological polar surface area (TPSA) is 122 Å². The molecule has 1 saturated heterocycles. The summed E-state index contributed by atoms with van der Waals surface area (Å²) in [5.41, 5.74) is 1.32. The molecule has 2 N–H and O–H groups in total. The molecular weight excluding hydrogens is 352 g/mol. The van der Waals surface area contributed by atoms with Crippen LogP contribution in [0, 0.1) is 17.0 Å². The van der Waals surface area contributed by atoms with Crippen LogP contribution >= 0.6 is 0 Å². The zero-order valence-electron chi connectivity index (χ0n) is 14.3. The molecule has 0 aliphatic carbocycles. The standard InChI is InChI=1S/C18H16N4O5/c1-11-7-8-13(22(26)27)9-14(11)19-15(23)10-21-17(24)16(20-18(21)25)12-5-3-2-4-6-12/h2-9,16H,10H2,1H3,(H,19,23)(H,20,25). The molecule has 0 radical (unpaired) electrons. The van der Waals surface area contributed by atoms with E-state index in [0.717, 1.165) is 4.90 Å². The number of carbonyl (C=O) groups is 3. The Hall–Kier alpha value is -3.75. The number of nitrogens with zero attached hydrogens (tertiary/aromatic N) is 2. The zero-order valence-corrected chi connectivity index (χ0v) is 14.3. The number of hydrogen-bond acceptors (Lipinski definition) is 5. The van der Waals surface area contributed by atoms with Crippen molar-refractivity contribution in [3.63, 3.8) is 0 Å². The number of amides is 4. The van der Waals surface area contributed by atoms with Gasteiger partial charge in [-0.2, -0.15) is 0 Å². The molecule has 0 spiro atoms. The van der Waals surface area contributed by atoms with Crippen molar-refractivity contribution in [3.05, 3.63) is 69.8 Å². The van der Waals surface area contributed by atoms with Gasteiger partial charge in [0.15, 0.2) is 0 Å². The number of imide groups is 1. The fraction of sp³-hybridized carbons (Fsp3) is 0.167. The zero-order chi connectivity index (χ0) is 19.6. The van der Waals surface area contributed by atoms with E-state index in [-0.39, 0.29) is 11.4 Å². The van der Waals surface area contributed by atoms with Gasteiger partial charge in [-0.1, -0.05) is 36.4 Å². The van der Waals surface area contributed by atoms with Crippen LogP contribution in [0.2, 0.25) is 0 Å². The third-order valence-electron chi connectivity index (χ3n) is 4.17. The van der Waals surface area contributed by atoms with Crippen molar-refractivity contribution < 1.29 is 19.3 Å². The van der Waals surface area contributed by atoms with E-state index >= 15 is 0 Å². The molecule has 2 aromatic rings. The molecule has 27 heavy (non-hydrogen) atoms. The fourth-order valence-corrected chi connectivity index (χ4v) is 2.73. The van der Waals surface area contributed by atoms with Gasteiger partial charge in [0, 0.05) is 12.1 Å². The number of non-ortho nitro benzene ring substituents is 1. The van der Waals surface area contributed by atoms with Gasteiger partial charge in [-0.15, -0.1) is 0 Å². The van der Waals surface area contributed by atoms with E-state index in [1.165, 1.54) is 18.2 Å². The summed E-state index contributed by atoms with van der Waals surface area (Å²) in [6.45, 7) is 1.19. The number of rotatable bonds is 5. The summed E-state index contributed by atoms with van der Waals surface area (Å²) in [4.78, 5) is 48.0. The van der Waals surface area contributed by atoms with E-state index in [1.54, 1.807) is 37.3 Å². The minimum absolute atomic E-state index is 0.171. The minimum Gasteiger partial charge on any atom is -0.324 e. The largest absolute Gasteiger partial charge is 0.325 e. The molecule has 4 amide bonds. The molecule has 1 aliphatic rings. The van der Waals surface area contributed by atoms with Gasteiger partial charge in [0.1, 0.15) is 12.6 Å². The summed E-state index contributed by atoms with van der Waals surface area (Å²) in [6.07, 6.45) is 0. The van der Waals surface area contributed by atoms with Crippen molar-refractivity contribution in [1.29, 1.82) is 0 Å². The van der Waals surface area contributed by atoms with Gasteiger partial charge in [-0.3, -0.25) is 24.6 Å². The van der Waals surface area contributed by atoms with Gasteiger partial charge in [0.25, 0.3) is 11.6 Å². The van der Waals surface area contributed by atoms with Gasteiger partial charge in [0.05, 0.1) is 10.6 Å². The Labute approximate surface area is 154 Å². The average Bonchev–Trinajstić information content (AvgIpc) is 2.92. The van der Waals surface area contributed by atoms with Crippen LogP contribution in [0.25, 0.3) is 0 Å². The fourth-order valence-electron chi connectivity index (χ4n) is 2.73. The van der Waals surface area contributed by atoms with Crippen molar-refractivity contribution in [3.8, 4) is 0 Å². The molecule has 2 aromatic carbocycles. The molecule has 1 heterocycles. The number of aryl methyl sites for hydroxylation is 1. The van der Waals surface area contributed by atoms with E-state index in [0.29, 0.717) is 11.1 Å². The molecule has 3 rings (SSSR count). The molecule has 138 valence electrons. The Bertz CT molecular complexity index is 929. The Morgan fingerprint density at radius 3 is 2.59 bits per heavy atom. The Morgan fingerprint density at radius 2 is 1.93 bits per heavy atom. The van der Waals surface area contributed by atoms with Crippen LogP contribution in [-0.4, -0.2) is 34.2 Å². The van der Waals surface area contributed by atoms with Crippen molar-refractivity contribution in [2.24, 2.45) is 0 Å². The number of hydrogen-bond donors (Lipinski definition) is 2. The summed E-state index contributed by atoms with van der Waals surface area (Å²) >= 11 is 0. The lowest BCUT2D eigenvalue weighted by Gasteiger charge is -2.14. The van der Waals surface area contributed by atoms with Crippen LogP contribution in [-0.2, 0) is 9.59 Å². The SMILES string of the molecule is Cc1ccc([N+](=O)[O-])cc1NC(=O)CN1C(=O)NC(c2ccccc2)C1=O.